The molecule has 114 valence electrons. The predicted molar refractivity (Wildman–Crippen MR) is 82.8 cm³/mol. The molecule has 2 aromatic rings. The van der Waals surface area contributed by atoms with Crippen molar-refractivity contribution in [3.8, 4) is 0 Å². The maximum atomic E-state index is 12.1. The summed E-state index contributed by atoms with van der Waals surface area (Å²) in [5, 5.41) is 0.479. The third-order valence-electron chi connectivity index (χ3n) is 3.32. The molecule has 7 heteroatoms. The Morgan fingerprint density at radius 3 is 2.52 bits per heavy atom. The molecule has 0 aliphatic heterocycles. The standard InChI is InChI=1S/C14H19N3O3S/c1-9(2)10-5-6-12-11(7-10)14(18)16-13(15-12)8-21(19,20)17(3)4/h5-7,9H,8H2,1-4H3,(H,15,16,18). The SMILES string of the molecule is CC(C)c1ccc2nc(CS(=O)(=O)N(C)C)[nH]c(=O)c2c1. The number of sulfonamides is 1. The van der Waals surface area contributed by atoms with Crippen LogP contribution in [0.25, 0.3) is 10.9 Å². The molecule has 1 aromatic heterocycles. The summed E-state index contributed by atoms with van der Waals surface area (Å²) in [6.45, 7) is 4.08. The summed E-state index contributed by atoms with van der Waals surface area (Å²) >= 11 is 0. The lowest BCUT2D eigenvalue weighted by molar-refractivity contribution is 0.518. The summed E-state index contributed by atoms with van der Waals surface area (Å²) in [5.74, 6) is 0.137. The highest BCUT2D eigenvalue weighted by Crippen LogP contribution is 2.18. The van der Waals surface area contributed by atoms with Crippen LogP contribution in [0, 0.1) is 0 Å². The molecule has 0 aliphatic carbocycles. The first-order valence-corrected chi connectivity index (χ1v) is 8.24. The zero-order valence-electron chi connectivity index (χ0n) is 12.5. The largest absolute Gasteiger partial charge is 0.309 e. The number of nitrogens with zero attached hydrogens (tertiary/aromatic N) is 2. The Kier molecular flexibility index (Phi) is 4.15. The van der Waals surface area contributed by atoms with E-state index in [9.17, 15) is 13.2 Å². The van der Waals surface area contributed by atoms with Crippen molar-refractivity contribution >= 4 is 20.9 Å². The van der Waals surface area contributed by atoms with Crippen molar-refractivity contribution in [3.63, 3.8) is 0 Å². The van der Waals surface area contributed by atoms with Gasteiger partial charge in [0.2, 0.25) is 10.0 Å². The number of hydrogen-bond donors (Lipinski definition) is 1. The van der Waals surface area contributed by atoms with Crippen LogP contribution in [-0.4, -0.2) is 36.8 Å². The molecule has 0 amide bonds. The maximum Gasteiger partial charge on any atom is 0.258 e. The van der Waals surface area contributed by atoms with Crippen LogP contribution in [0.2, 0.25) is 0 Å². The maximum absolute atomic E-state index is 12.1. The van der Waals surface area contributed by atoms with Gasteiger partial charge in [0.25, 0.3) is 5.56 Å². The Hall–Kier alpha value is -1.73. The minimum absolute atomic E-state index is 0.151. The quantitative estimate of drug-likeness (QED) is 0.926. The van der Waals surface area contributed by atoms with Gasteiger partial charge in [0.1, 0.15) is 11.6 Å². The van der Waals surface area contributed by atoms with E-state index in [0.29, 0.717) is 16.8 Å². The molecule has 0 atom stereocenters. The van der Waals surface area contributed by atoms with E-state index in [1.807, 2.05) is 19.9 Å². The van der Waals surface area contributed by atoms with Gasteiger partial charge in [0.15, 0.2) is 0 Å². The van der Waals surface area contributed by atoms with Gasteiger partial charge in [0.05, 0.1) is 10.9 Å². The van der Waals surface area contributed by atoms with Gasteiger partial charge in [0, 0.05) is 14.1 Å². The Bertz CT molecular complexity index is 823. The van der Waals surface area contributed by atoms with Gasteiger partial charge in [-0.1, -0.05) is 19.9 Å². The number of fused-ring (bicyclic) bond motifs is 1. The second-order valence-corrected chi connectivity index (χ2v) is 7.67. The fraction of sp³-hybridized carbons (Fsp3) is 0.429. The fourth-order valence-corrected chi connectivity index (χ4v) is 2.67. The summed E-state index contributed by atoms with van der Waals surface area (Å²) in [7, 11) is -0.562. The van der Waals surface area contributed by atoms with Gasteiger partial charge in [-0.15, -0.1) is 0 Å². The molecular weight excluding hydrogens is 290 g/mol. The van der Waals surface area contributed by atoms with Crippen LogP contribution in [0.4, 0.5) is 0 Å². The molecule has 1 heterocycles. The van der Waals surface area contributed by atoms with Gasteiger partial charge >= 0.3 is 0 Å². The van der Waals surface area contributed by atoms with E-state index in [0.717, 1.165) is 9.87 Å². The van der Waals surface area contributed by atoms with E-state index in [2.05, 4.69) is 9.97 Å². The van der Waals surface area contributed by atoms with Gasteiger partial charge in [-0.05, 0) is 23.6 Å². The zero-order chi connectivity index (χ0) is 15.8. The van der Waals surface area contributed by atoms with E-state index in [-0.39, 0.29) is 17.1 Å². The van der Waals surface area contributed by atoms with E-state index in [1.165, 1.54) is 14.1 Å². The molecule has 0 spiro atoms. The number of benzene rings is 1. The van der Waals surface area contributed by atoms with Crippen LogP contribution in [-0.2, 0) is 15.8 Å². The molecule has 0 radical (unpaired) electrons. The molecule has 2 rings (SSSR count). The normalized spacial score (nSPS) is 12.5. The van der Waals surface area contributed by atoms with Crippen molar-refractivity contribution < 1.29 is 8.42 Å². The summed E-state index contributed by atoms with van der Waals surface area (Å²) in [4.78, 5) is 18.9. The Morgan fingerprint density at radius 1 is 1.29 bits per heavy atom. The summed E-state index contributed by atoms with van der Waals surface area (Å²) in [6, 6.07) is 5.46. The Morgan fingerprint density at radius 2 is 1.95 bits per heavy atom. The highest BCUT2D eigenvalue weighted by molar-refractivity contribution is 7.88. The van der Waals surface area contributed by atoms with Crippen molar-refractivity contribution in [2.24, 2.45) is 0 Å². The van der Waals surface area contributed by atoms with Gasteiger partial charge in [-0.2, -0.15) is 0 Å². The molecule has 1 aromatic carbocycles. The molecule has 6 nitrogen and oxygen atoms in total. The molecule has 1 N–H and O–H groups in total. The van der Waals surface area contributed by atoms with Crippen molar-refractivity contribution in [1.82, 2.24) is 14.3 Å². The van der Waals surface area contributed by atoms with Crippen molar-refractivity contribution in [2.45, 2.75) is 25.5 Å². The smallest absolute Gasteiger partial charge is 0.258 e. The summed E-state index contributed by atoms with van der Waals surface area (Å²) in [5.41, 5.74) is 1.24. The second kappa shape index (κ2) is 5.57. The van der Waals surface area contributed by atoms with Crippen LogP contribution in [0.3, 0.4) is 0 Å². The van der Waals surface area contributed by atoms with E-state index in [1.54, 1.807) is 12.1 Å². The number of nitrogens with one attached hydrogen (secondary N) is 1. The molecule has 0 bridgehead atoms. The summed E-state index contributed by atoms with van der Waals surface area (Å²) < 4.78 is 24.8. The topological polar surface area (TPSA) is 83.1 Å². The van der Waals surface area contributed by atoms with E-state index in [4.69, 9.17) is 0 Å². The van der Waals surface area contributed by atoms with Gasteiger partial charge in [-0.3, -0.25) is 4.79 Å². The molecule has 0 fully saturated rings. The predicted octanol–water partition coefficient (Wildman–Crippen LogP) is 1.44. The first-order valence-electron chi connectivity index (χ1n) is 6.64. The van der Waals surface area contributed by atoms with Crippen LogP contribution in [0.5, 0.6) is 0 Å². The fourth-order valence-electron chi connectivity index (χ4n) is 1.93. The van der Waals surface area contributed by atoms with Crippen LogP contribution in [0.1, 0.15) is 31.2 Å². The lowest BCUT2D eigenvalue weighted by atomic mass is 10.0. The highest BCUT2D eigenvalue weighted by atomic mass is 32.2. The number of rotatable bonds is 4. The highest BCUT2D eigenvalue weighted by Gasteiger charge is 2.17. The lowest BCUT2D eigenvalue weighted by Gasteiger charge is -2.11. The van der Waals surface area contributed by atoms with E-state index < -0.39 is 10.0 Å². The van der Waals surface area contributed by atoms with E-state index >= 15 is 0 Å². The van der Waals surface area contributed by atoms with Crippen LogP contribution >= 0.6 is 0 Å². The number of aromatic amines is 1. The first-order chi connectivity index (χ1) is 9.70. The van der Waals surface area contributed by atoms with Crippen LogP contribution in [0.15, 0.2) is 23.0 Å². The van der Waals surface area contributed by atoms with Gasteiger partial charge in [-0.25, -0.2) is 17.7 Å². The van der Waals surface area contributed by atoms with Crippen molar-refractivity contribution in [1.29, 1.82) is 0 Å². The number of aromatic nitrogens is 2. The Balaban J connectivity index is 2.52. The second-order valence-electron chi connectivity index (χ2n) is 5.48. The Labute approximate surface area is 123 Å². The first kappa shape index (κ1) is 15.7. The number of H-pyrrole nitrogens is 1. The zero-order valence-corrected chi connectivity index (χ0v) is 13.4. The minimum Gasteiger partial charge on any atom is -0.309 e. The molecule has 0 saturated carbocycles. The van der Waals surface area contributed by atoms with Crippen molar-refractivity contribution in [3.05, 3.63) is 39.9 Å². The van der Waals surface area contributed by atoms with Gasteiger partial charge < -0.3 is 4.98 Å². The molecular formula is C14H19N3O3S. The van der Waals surface area contributed by atoms with Crippen molar-refractivity contribution in [2.75, 3.05) is 14.1 Å². The number of hydrogen-bond acceptors (Lipinski definition) is 4. The molecule has 0 unspecified atom stereocenters. The minimum atomic E-state index is -3.46. The lowest BCUT2D eigenvalue weighted by Crippen LogP contribution is -2.26. The molecule has 0 aliphatic rings. The average Bonchev–Trinajstić information content (AvgIpc) is 2.37. The van der Waals surface area contributed by atoms with Crippen LogP contribution < -0.4 is 5.56 Å². The third-order valence-corrected chi connectivity index (χ3v) is 5.07. The molecule has 0 saturated heterocycles. The summed E-state index contributed by atoms with van der Waals surface area (Å²) in [6.07, 6.45) is 0. The monoisotopic (exact) mass is 309 g/mol. The average molecular weight is 309 g/mol. The third kappa shape index (κ3) is 3.30. The molecule has 21 heavy (non-hydrogen) atoms.